The average molecular weight is 280 g/mol. The Labute approximate surface area is 122 Å². The molecule has 114 valence electrons. The zero-order valence-electron chi connectivity index (χ0n) is 13.0. The van der Waals surface area contributed by atoms with Crippen LogP contribution in [-0.4, -0.2) is 49.5 Å². The molecule has 0 spiro atoms. The molecule has 0 bridgehead atoms. The van der Waals surface area contributed by atoms with Gasteiger partial charge in [-0.1, -0.05) is 13.8 Å². The summed E-state index contributed by atoms with van der Waals surface area (Å²) in [4.78, 5) is 18.3. The first-order valence-corrected chi connectivity index (χ1v) is 7.83. The van der Waals surface area contributed by atoms with Crippen molar-refractivity contribution in [1.82, 2.24) is 15.5 Å². The molecule has 5 heteroatoms. The summed E-state index contributed by atoms with van der Waals surface area (Å²) in [6.45, 7) is 6.98. The average Bonchev–Trinajstić information content (AvgIpc) is 3.08. The second-order valence-electron chi connectivity index (χ2n) is 6.47. The van der Waals surface area contributed by atoms with Crippen LogP contribution >= 0.6 is 0 Å². The van der Waals surface area contributed by atoms with E-state index in [0.29, 0.717) is 12.6 Å². The molecule has 1 saturated heterocycles. The van der Waals surface area contributed by atoms with Gasteiger partial charge in [0.2, 0.25) is 5.91 Å². The number of nitrogens with one attached hydrogen (secondary N) is 2. The molecular formula is C15H28N4O. The van der Waals surface area contributed by atoms with Crippen LogP contribution in [0.1, 0.15) is 39.5 Å². The molecule has 1 saturated carbocycles. The van der Waals surface area contributed by atoms with Gasteiger partial charge in [0.1, 0.15) is 0 Å². The Morgan fingerprint density at radius 2 is 2.10 bits per heavy atom. The Balaban J connectivity index is 1.73. The lowest BCUT2D eigenvalue weighted by atomic mass is 9.97. The van der Waals surface area contributed by atoms with E-state index in [4.69, 9.17) is 0 Å². The van der Waals surface area contributed by atoms with Crippen LogP contribution in [0.25, 0.3) is 0 Å². The Bertz CT molecular complexity index is 363. The number of aliphatic imine (C=N–C) groups is 1. The predicted molar refractivity (Wildman–Crippen MR) is 81.7 cm³/mol. The first-order valence-electron chi connectivity index (χ1n) is 7.83. The van der Waals surface area contributed by atoms with E-state index in [1.54, 1.807) is 7.05 Å². The number of carbonyl (C=O) groups excluding carboxylic acids is 1. The quantitative estimate of drug-likeness (QED) is 0.588. The van der Waals surface area contributed by atoms with Gasteiger partial charge in [-0.15, -0.1) is 0 Å². The summed E-state index contributed by atoms with van der Waals surface area (Å²) >= 11 is 0. The molecule has 2 rings (SSSR count). The van der Waals surface area contributed by atoms with Crippen LogP contribution in [0, 0.1) is 11.8 Å². The van der Waals surface area contributed by atoms with Gasteiger partial charge in [-0.2, -0.15) is 0 Å². The SMILES string of the molecule is CN=C(NCC(=O)NC1CC1)N1CCC(CC(C)C)C1. The minimum Gasteiger partial charge on any atom is -0.352 e. The van der Waals surface area contributed by atoms with E-state index in [-0.39, 0.29) is 5.91 Å². The Morgan fingerprint density at radius 3 is 2.70 bits per heavy atom. The molecular weight excluding hydrogens is 252 g/mol. The number of amides is 1. The standard InChI is InChI=1S/C15H28N4O/c1-11(2)8-12-6-7-19(10-12)15(16-3)17-9-14(20)18-13-4-5-13/h11-13H,4-10H2,1-3H3,(H,16,17)(H,18,20). The summed E-state index contributed by atoms with van der Waals surface area (Å²) in [7, 11) is 1.79. The molecule has 0 radical (unpaired) electrons. The van der Waals surface area contributed by atoms with Crippen LogP contribution in [0.2, 0.25) is 0 Å². The Kier molecular flexibility index (Phi) is 5.26. The van der Waals surface area contributed by atoms with Gasteiger partial charge in [0.05, 0.1) is 6.54 Å². The highest BCUT2D eigenvalue weighted by molar-refractivity contribution is 5.86. The van der Waals surface area contributed by atoms with E-state index in [0.717, 1.165) is 43.7 Å². The lowest BCUT2D eigenvalue weighted by molar-refractivity contribution is -0.120. The summed E-state index contributed by atoms with van der Waals surface area (Å²) in [5.74, 6) is 2.45. The van der Waals surface area contributed by atoms with Gasteiger partial charge in [0.15, 0.2) is 5.96 Å². The maximum absolute atomic E-state index is 11.7. The third-order valence-electron chi connectivity index (χ3n) is 3.95. The van der Waals surface area contributed by atoms with Crippen LogP contribution in [0.3, 0.4) is 0 Å². The van der Waals surface area contributed by atoms with Crippen molar-refractivity contribution in [2.75, 3.05) is 26.7 Å². The molecule has 0 aromatic rings. The smallest absolute Gasteiger partial charge is 0.239 e. The molecule has 2 N–H and O–H groups in total. The van der Waals surface area contributed by atoms with Crippen LogP contribution in [0.15, 0.2) is 4.99 Å². The largest absolute Gasteiger partial charge is 0.352 e. The molecule has 1 aliphatic heterocycles. The lowest BCUT2D eigenvalue weighted by Crippen LogP contribution is -2.45. The summed E-state index contributed by atoms with van der Waals surface area (Å²) in [6, 6.07) is 0.425. The van der Waals surface area contributed by atoms with Gasteiger partial charge in [0, 0.05) is 26.2 Å². The van der Waals surface area contributed by atoms with E-state index in [9.17, 15) is 4.79 Å². The molecule has 1 amide bonds. The molecule has 20 heavy (non-hydrogen) atoms. The van der Waals surface area contributed by atoms with Crippen LogP contribution in [0.4, 0.5) is 0 Å². The number of carbonyl (C=O) groups is 1. The summed E-state index contributed by atoms with van der Waals surface area (Å²) < 4.78 is 0. The Morgan fingerprint density at radius 1 is 1.35 bits per heavy atom. The second kappa shape index (κ2) is 6.95. The van der Waals surface area contributed by atoms with Gasteiger partial charge in [-0.3, -0.25) is 9.79 Å². The van der Waals surface area contributed by atoms with Crippen LogP contribution < -0.4 is 10.6 Å². The van der Waals surface area contributed by atoms with Gasteiger partial charge in [-0.05, 0) is 37.5 Å². The van der Waals surface area contributed by atoms with Crippen molar-refractivity contribution in [1.29, 1.82) is 0 Å². The molecule has 0 aromatic heterocycles. The minimum absolute atomic E-state index is 0.0755. The summed E-state index contributed by atoms with van der Waals surface area (Å²) in [6.07, 6.45) is 4.76. The monoisotopic (exact) mass is 280 g/mol. The van der Waals surface area contributed by atoms with Crippen LogP contribution in [0.5, 0.6) is 0 Å². The predicted octanol–water partition coefficient (Wildman–Crippen LogP) is 1.21. The molecule has 0 aromatic carbocycles. The van der Waals surface area contributed by atoms with E-state index in [1.165, 1.54) is 12.8 Å². The highest BCUT2D eigenvalue weighted by Gasteiger charge is 2.26. The van der Waals surface area contributed by atoms with Crippen molar-refractivity contribution in [2.45, 2.75) is 45.6 Å². The fourth-order valence-corrected chi connectivity index (χ4v) is 2.88. The first-order chi connectivity index (χ1) is 9.58. The topological polar surface area (TPSA) is 56.7 Å². The van der Waals surface area contributed by atoms with E-state index >= 15 is 0 Å². The molecule has 1 unspecified atom stereocenters. The van der Waals surface area contributed by atoms with Gasteiger partial charge >= 0.3 is 0 Å². The normalized spacial score (nSPS) is 23.3. The molecule has 2 aliphatic rings. The third kappa shape index (κ3) is 4.69. The third-order valence-corrected chi connectivity index (χ3v) is 3.95. The number of hydrogen-bond acceptors (Lipinski definition) is 2. The van der Waals surface area contributed by atoms with Crippen molar-refractivity contribution >= 4 is 11.9 Å². The van der Waals surface area contributed by atoms with Gasteiger partial charge in [-0.25, -0.2) is 0 Å². The highest BCUT2D eigenvalue weighted by atomic mass is 16.2. The summed E-state index contributed by atoms with van der Waals surface area (Å²) in [5, 5.41) is 6.17. The zero-order chi connectivity index (χ0) is 14.5. The van der Waals surface area contributed by atoms with Crippen molar-refractivity contribution in [3.63, 3.8) is 0 Å². The molecule has 1 aliphatic carbocycles. The number of guanidine groups is 1. The molecule has 1 heterocycles. The summed E-state index contributed by atoms with van der Waals surface area (Å²) in [5.41, 5.74) is 0. The van der Waals surface area contributed by atoms with Crippen molar-refractivity contribution < 1.29 is 4.79 Å². The molecule has 5 nitrogen and oxygen atoms in total. The minimum atomic E-state index is 0.0755. The number of nitrogens with zero attached hydrogens (tertiary/aromatic N) is 2. The zero-order valence-corrected chi connectivity index (χ0v) is 13.0. The first kappa shape index (κ1) is 15.1. The Hall–Kier alpha value is -1.26. The maximum Gasteiger partial charge on any atom is 0.239 e. The molecule has 1 atom stereocenters. The van der Waals surface area contributed by atoms with Gasteiger partial charge in [0.25, 0.3) is 0 Å². The van der Waals surface area contributed by atoms with E-state index in [2.05, 4.69) is 34.4 Å². The maximum atomic E-state index is 11.7. The van der Waals surface area contributed by atoms with E-state index in [1.807, 2.05) is 0 Å². The number of rotatable bonds is 5. The van der Waals surface area contributed by atoms with Crippen molar-refractivity contribution in [3.8, 4) is 0 Å². The van der Waals surface area contributed by atoms with Crippen LogP contribution in [-0.2, 0) is 4.79 Å². The van der Waals surface area contributed by atoms with Crippen molar-refractivity contribution in [2.24, 2.45) is 16.8 Å². The highest BCUT2D eigenvalue weighted by Crippen LogP contribution is 2.23. The number of hydrogen-bond donors (Lipinski definition) is 2. The fourth-order valence-electron chi connectivity index (χ4n) is 2.88. The fraction of sp³-hybridized carbons (Fsp3) is 0.867. The molecule has 2 fully saturated rings. The van der Waals surface area contributed by atoms with Gasteiger partial charge < -0.3 is 15.5 Å². The van der Waals surface area contributed by atoms with E-state index < -0.39 is 0 Å². The number of likely N-dealkylation sites (tertiary alicyclic amines) is 1. The van der Waals surface area contributed by atoms with Crippen molar-refractivity contribution in [3.05, 3.63) is 0 Å². The second-order valence-corrected chi connectivity index (χ2v) is 6.47. The lowest BCUT2D eigenvalue weighted by Gasteiger charge is -2.22.